The van der Waals surface area contributed by atoms with Crippen LogP contribution in [0.3, 0.4) is 0 Å². The van der Waals surface area contributed by atoms with Crippen LogP contribution in [0.2, 0.25) is 0 Å². The van der Waals surface area contributed by atoms with Crippen molar-refractivity contribution < 1.29 is 19.1 Å². The summed E-state index contributed by atoms with van der Waals surface area (Å²) in [7, 11) is 2.84. The molecule has 0 aromatic heterocycles. The summed E-state index contributed by atoms with van der Waals surface area (Å²) in [5.74, 6) is -0.190. The summed E-state index contributed by atoms with van der Waals surface area (Å²) in [6.45, 7) is 0. The maximum Gasteiger partial charge on any atom is 0.337 e. The normalized spacial score (nSPS) is 10.6. The molecular formula is C19H15NO4. The van der Waals surface area contributed by atoms with Gasteiger partial charge in [0.1, 0.15) is 17.4 Å². The van der Waals surface area contributed by atoms with Crippen molar-refractivity contribution in [2.45, 2.75) is 0 Å². The number of Topliss-reactive ketones (excluding diaryl/α,β-unsaturated/α-hetero) is 1. The average molecular weight is 321 g/mol. The molecule has 0 N–H and O–H groups in total. The number of ketones is 1. The number of methoxy groups -OCH3 is 2. The van der Waals surface area contributed by atoms with E-state index in [1.54, 1.807) is 48.5 Å². The fourth-order valence-corrected chi connectivity index (χ4v) is 2.05. The summed E-state index contributed by atoms with van der Waals surface area (Å²) in [5, 5.41) is 9.26. The van der Waals surface area contributed by atoms with Crippen LogP contribution >= 0.6 is 0 Å². The number of rotatable bonds is 5. The molecule has 0 aliphatic heterocycles. The first-order valence-electron chi connectivity index (χ1n) is 7.08. The summed E-state index contributed by atoms with van der Waals surface area (Å²) in [6, 6.07) is 14.9. The van der Waals surface area contributed by atoms with E-state index in [9.17, 15) is 14.9 Å². The molecule has 24 heavy (non-hydrogen) atoms. The van der Waals surface area contributed by atoms with Gasteiger partial charge < -0.3 is 9.47 Å². The smallest absolute Gasteiger partial charge is 0.337 e. The molecule has 0 radical (unpaired) electrons. The maximum absolute atomic E-state index is 12.4. The molecule has 0 fully saturated rings. The molecule has 0 aliphatic carbocycles. The molecule has 0 amide bonds. The van der Waals surface area contributed by atoms with Gasteiger partial charge in [-0.3, -0.25) is 4.79 Å². The number of nitrogens with zero attached hydrogens (tertiary/aromatic N) is 1. The lowest BCUT2D eigenvalue weighted by atomic mass is 10.0. The van der Waals surface area contributed by atoms with Crippen LogP contribution in [-0.2, 0) is 4.74 Å². The van der Waals surface area contributed by atoms with E-state index in [1.165, 1.54) is 20.3 Å². The zero-order chi connectivity index (χ0) is 17.5. The molecule has 0 atom stereocenters. The molecule has 2 aromatic carbocycles. The third-order valence-corrected chi connectivity index (χ3v) is 3.36. The van der Waals surface area contributed by atoms with Gasteiger partial charge in [0.15, 0.2) is 0 Å². The van der Waals surface area contributed by atoms with E-state index in [0.29, 0.717) is 22.4 Å². The van der Waals surface area contributed by atoms with Gasteiger partial charge in [0.05, 0.1) is 19.8 Å². The standard InChI is InChI=1S/C19H15NO4/c1-23-17-9-7-14(8-10-17)18(21)16(12-20)11-13-3-5-15(6-4-13)19(22)24-2/h3-11H,1-2H3/b16-11+. The van der Waals surface area contributed by atoms with Crippen molar-refractivity contribution in [3.8, 4) is 11.8 Å². The highest BCUT2D eigenvalue weighted by Gasteiger charge is 2.12. The average Bonchev–Trinajstić information content (AvgIpc) is 2.65. The Bertz CT molecular complexity index is 812. The predicted molar refractivity (Wildman–Crippen MR) is 88.7 cm³/mol. The molecule has 5 heteroatoms. The maximum atomic E-state index is 12.4. The van der Waals surface area contributed by atoms with E-state index in [-0.39, 0.29) is 11.4 Å². The summed E-state index contributed by atoms with van der Waals surface area (Å²) in [5.41, 5.74) is 1.44. The SMILES string of the molecule is COC(=O)c1ccc(/C=C(\C#N)C(=O)c2ccc(OC)cc2)cc1. The number of carbonyl (C=O) groups excluding carboxylic acids is 2. The second kappa shape index (κ2) is 7.75. The summed E-state index contributed by atoms with van der Waals surface area (Å²) < 4.78 is 9.66. The highest BCUT2D eigenvalue weighted by atomic mass is 16.5. The summed E-state index contributed by atoms with van der Waals surface area (Å²) in [4.78, 5) is 23.8. The molecule has 0 heterocycles. The van der Waals surface area contributed by atoms with Crippen LogP contribution in [0.5, 0.6) is 5.75 Å². The van der Waals surface area contributed by atoms with Gasteiger partial charge in [-0.2, -0.15) is 5.26 Å². The lowest BCUT2D eigenvalue weighted by Gasteiger charge is -2.03. The molecule has 2 rings (SSSR count). The van der Waals surface area contributed by atoms with Crippen LogP contribution in [0.1, 0.15) is 26.3 Å². The minimum atomic E-state index is -0.444. The Kier molecular flexibility index (Phi) is 5.48. The molecule has 0 bridgehead atoms. The monoisotopic (exact) mass is 321 g/mol. The Morgan fingerprint density at radius 2 is 1.54 bits per heavy atom. The second-order valence-corrected chi connectivity index (χ2v) is 4.84. The quantitative estimate of drug-likeness (QED) is 0.365. The van der Waals surface area contributed by atoms with Crippen molar-refractivity contribution in [1.29, 1.82) is 5.26 Å². The largest absolute Gasteiger partial charge is 0.497 e. The molecule has 0 saturated heterocycles. The summed E-state index contributed by atoms with van der Waals surface area (Å²) >= 11 is 0. The van der Waals surface area contributed by atoms with Crippen LogP contribution in [0.4, 0.5) is 0 Å². The highest BCUT2D eigenvalue weighted by molar-refractivity contribution is 6.14. The van der Waals surface area contributed by atoms with Gasteiger partial charge in [0.25, 0.3) is 0 Å². The minimum Gasteiger partial charge on any atom is -0.497 e. The van der Waals surface area contributed by atoms with Crippen molar-refractivity contribution in [2.75, 3.05) is 14.2 Å². The van der Waals surface area contributed by atoms with Gasteiger partial charge in [-0.1, -0.05) is 12.1 Å². The summed E-state index contributed by atoms with van der Waals surface area (Å²) in [6.07, 6.45) is 1.48. The number of carbonyl (C=O) groups is 2. The zero-order valence-electron chi connectivity index (χ0n) is 13.3. The van der Waals surface area contributed by atoms with Crippen LogP contribution < -0.4 is 4.74 Å². The third-order valence-electron chi connectivity index (χ3n) is 3.36. The number of hydrogen-bond donors (Lipinski definition) is 0. The Hall–Kier alpha value is -3.39. The Balaban J connectivity index is 2.26. The van der Waals surface area contributed by atoms with E-state index in [0.717, 1.165) is 0 Å². The Morgan fingerprint density at radius 3 is 2.04 bits per heavy atom. The van der Waals surface area contributed by atoms with E-state index in [1.807, 2.05) is 6.07 Å². The number of benzene rings is 2. The first-order chi connectivity index (χ1) is 11.6. The van der Waals surface area contributed by atoms with Crippen molar-refractivity contribution in [3.05, 3.63) is 70.8 Å². The van der Waals surface area contributed by atoms with E-state index < -0.39 is 5.97 Å². The number of hydrogen-bond acceptors (Lipinski definition) is 5. The van der Waals surface area contributed by atoms with Crippen molar-refractivity contribution >= 4 is 17.8 Å². The van der Waals surface area contributed by atoms with E-state index >= 15 is 0 Å². The molecule has 0 aliphatic rings. The lowest BCUT2D eigenvalue weighted by molar-refractivity contribution is 0.0600. The van der Waals surface area contributed by atoms with Crippen LogP contribution in [0.25, 0.3) is 6.08 Å². The molecule has 5 nitrogen and oxygen atoms in total. The van der Waals surface area contributed by atoms with Gasteiger partial charge in [-0.05, 0) is 48.0 Å². The van der Waals surface area contributed by atoms with Gasteiger partial charge in [-0.15, -0.1) is 0 Å². The number of nitriles is 1. The minimum absolute atomic E-state index is 0.00554. The highest BCUT2D eigenvalue weighted by Crippen LogP contribution is 2.17. The third kappa shape index (κ3) is 3.87. The van der Waals surface area contributed by atoms with Crippen molar-refractivity contribution in [1.82, 2.24) is 0 Å². The van der Waals surface area contributed by atoms with Crippen molar-refractivity contribution in [2.24, 2.45) is 0 Å². The Labute approximate surface area is 139 Å². The Morgan fingerprint density at radius 1 is 0.958 bits per heavy atom. The zero-order valence-corrected chi connectivity index (χ0v) is 13.3. The first-order valence-corrected chi connectivity index (χ1v) is 7.08. The molecule has 0 unspecified atom stereocenters. The van der Waals surface area contributed by atoms with Gasteiger partial charge in [0, 0.05) is 5.56 Å². The molecule has 120 valence electrons. The molecule has 2 aromatic rings. The fraction of sp³-hybridized carbons (Fsp3) is 0.105. The van der Waals surface area contributed by atoms with Crippen molar-refractivity contribution in [3.63, 3.8) is 0 Å². The van der Waals surface area contributed by atoms with Gasteiger partial charge >= 0.3 is 5.97 Å². The topological polar surface area (TPSA) is 76.4 Å². The number of allylic oxidation sites excluding steroid dienone is 1. The van der Waals surface area contributed by atoms with Crippen LogP contribution in [-0.4, -0.2) is 26.0 Å². The second-order valence-electron chi connectivity index (χ2n) is 4.84. The van der Waals surface area contributed by atoms with Crippen LogP contribution in [0, 0.1) is 11.3 Å². The molecular weight excluding hydrogens is 306 g/mol. The van der Waals surface area contributed by atoms with E-state index in [4.69, 9.17) is 4.74 Å². The molecule has 0 saturated carbocycles. The van der Waals surface area contributed by atoms with Gasteiger partial charge in [0.2, 0.25) is 5.78 Å². The lowest BCUT2D eigenvalue weighted by Crippen LogP contribution is -2.02. The van der Waals surface area contributed by atoms with Gasteiger partial charge in [-0.25, -0.2) is 4.79 Å². The van der Waals surface area contributed by atoms with E-state index in [2.05, 4.69) is 4.74 Å². The first kappa shape index (κ1) is 17.0. The predicted octanol–water partition coefficient (Wildman–Crippen LogP) is 3.27. The molecule has 0 spiro atoms. The number of esters is 1. The number of ether oxygens (including phenoxy) is 2. The van der Waals surface area contributed by atoms with Crippen LogP contribution in [0.15, 0.2) is 54.1 Å². The fourth-order valence-electron chi connectivity index (χ4n) is 2.05.